The molecule has 9 heteroatoms. The van der Waals surface area contributed by atoms with Crippen LogP contribution < -0.4 is 15.4 Å². The smallest absolute Gasteiger partial charge is 0.251 e. The number of piperidine rings is 1. The van der Waals surface area contributed by atoms with Gasteiger partial charge in [-0.05, 0) is 97.8 Å². The molecule has 0 spiro atoms. The Kier molecular flexibility index (Phi) is 9.17. The molecule has 2 aromatic rings. The maximum atomic E-state index is 13.0. The van der Waals surface area contributed by atoms with Gasteiger partial charge in [0.1, 0.15) is 11.5 Å². The lowest BCUT2D eigenvalue weighted by molar-refractivity contribution is -0.118. The van der Waals surface area contributed by atoms with Crippen molar-refractivity contribution < 1.29 is 14.3 Å². The first kappa shape index (κ1) is 28.0. The van der Waals surface area contributed by atoms with Crippen molar-refractivity contribution in [3.05, 3.63) is 40.1 Å². The van der Waals surface area contributed by atoms with Crippen LogP contribution in [0.25, 0.3) is 0 Å². The number of likely N-dealkylation sites (tertiary alicyclic amines) is 1. The van der Waals surface area contributed by atoms with E-state index < -0.39 is 0 Å². The number of carbonyl (C=O) groups is 2. The first-order valence-corrected chi connectivity index (χ1v) is 15.2. The van der Waals surface area contributed by atoms with E-state index in [-0.39, 0.29) is 17.7 Å². The highest BCUT2D eigenvalue weighted by molar-refractivity contribution is 9.10. The number of hydrogen-bond donors (Lipinski definition) is 2. The van der Waals surface area contributed by atoms with Gasteiger partial charge < -0.3 is 25.1 Å². The van der Waals surface area contributed by atoms with Gasteiger partial charge in [0, 0.05) is 43.4 Å². The normalized spacial score (nSPS) is 22.3. The number of ketones is 1. The van der Waals surface area contributed by atoms with Gasteiger partial charge in [-0.25, -0.2) is 9.97 Å². The molecule has 3 aliphatic rings. The minimum Gasteiger partial charge on any atom is -0.495 e. The van der Waals surface area contributed by atoms with E-state index in [1.54, 1.807) is 26.3 Å². The van der Waals surface area contributed by atoms with Crippen molar-refractivity contribution in [3.8, 4) is 5.75 Å². The van der Waals surface area contributed by atoms with Gasteiger partial charge in [0.25, 0.3) is 5.91 Å². The summed E-state index contributed by atoms with van der Waals surface area (Å²) in [5.41, 5.74) is 2.22. The fraction of sp³-hybridized carbons (Fsp3) is 0.600. The first-order valence-electron chi connectivity index (χ1n) is 14.4. The zero-order valence-corrected chi connectivity index (χ0v) is 24.6. The molecule has 2 N–H and O–H groups in total. The van der Waals surface area contributed by atoms with Crippen LogP contribution in [-0.4, -0.2) is 58.8 Å². The Morgan fingerprint density at radius 1 is 1.08 bits per heavy atom. The summed E-state index contributed by atoms with van der Waals surface area (Å²) in [5.74, 6) is 2.09. The van der Waals surface area contributed by atoms with E-state index in [4.69, 9.17) is 9.72 Å². The Labute approximate surface area is 239 Å². The number of methoxy groups -OCH3 is 1. The number of rotatable bonds is 10. The van der Waals surface area contributed by atoms with Crippen molar-refractivity contribution >= 4 is 39.3 Å². The topological polar surface area (TPSA) is 96.5 Å². The van der Waals surface area contributed by atoms with Crippen molar-refractivity contribution in [2.24, 2.45) is 11.8 Å². The molecule has 5 rings (SSSR count). The molecule has 39 heavy (non-hydrogen) atoms. The van der Waals surface area contributed by atoms with Crippen molar-refractivity contribution in [2.45, 2.75) is 83.2 Å². The molecule has 2 saturated carbocycles. The number of nitrogens with one attached hydrogen (secondary N) is 2. The number of anilines is 2. The van der Waals surface area contributed by atoms with Crippen LogP contribution in [0.1, 0.15) is 80.8 Å². The van der Waals surface area contributed by atoms with Crippen LogP contribution in [0.4, 0.5) is 11.6 Å². The van der Waals surface area contributed by atoms with E-state index in [9.17, 15) is 9.59 Å². The van der Waals surface area contributed by atoms with Gasteiger partial charge in [0.15, 0.2) is 0 Å². The molecule has 210 valence electrons. The average Bonchev–Trinajstić information content (AvgIpc) is 3.78. The zero-order chi connectivity index (χ0) is 27.4. The number of hydrogen-bond acceptors (Lipinski definition) is 7. The number of nitrogens with zero attached hydrogens (tertiary/aromatic N) is 3. The lowest BCUT2D eigenvalue weighted by atomic mass is 9.75. The predicted molar refractivity (Wildman–Crippen MR) is 156 cm³/mol. The highest BCUT2D eigenvalue weighted by Gasteiger charge is 2.32. The van der Waals surface area contributed by atoms with E-state index >= 15 is 0 Å². The van der Waals surface area contributed by atoms with Gasteiger partial charge in [0.2, 0.25) is 5.95 Å². The lowest BCUT2D eigenvalue weighted by Crippen LogP contribution is -2.45. The molecule has 1 aromatic heterocycles. The molecule has 2 atom stereocenters. The maximum absolute atomic E-state index is 13.0. The summed E-state index contributed by atoms with van der Waals surface area (Å²) in [6, 6.07) is 6.43. The largest absolute Gasteiger partial charge is 0.495 e. The molecular weight excluding hydrogens is 558 g/mol. The summed E-state index contributed by atoms with van der Waals surface area (Å²) in [4.78, 5) is 36.6. The average molecular weight is 599 g/mol. The Morgan fingerprint density at radius 3 is 2.51 bits per heavy atom. The van der Waals surface area contributed by atoms with Crippen LogP contribution in [0.15, 0.2) is 28.9 Å². The highest BCUT2D eigenvalue weighted by Crippen LogP contribution is 2.36. The summed E-state index contributed by atoms with van der Waals surface area (Å²) in [6.07, 6.45) is 12.5. The standard InChI is InChI=1S/C30H40BrN5O3/c1-19(37)15-20-5-3-4-6-21(20)16-27-25(31)18-32-30(35-27)34-26-10-7-22(17-28(26)39-2)29(38)33-23-11-13-36(14-12-23)24-8-9-24/h7,10,17-18,20-21,23-24H,3-6,8-9,11-16H2,1-2H3,(H,33,38)(H,32,34,35)/t20-,21-/m0/s1. The molecule has 0 bridgehead atoms. The number of aromatic nitrogens is 2. The summed E-state index contributed by atoms with van der Waals surface area (Å²) >= 11 is 3.63. The number of halogens is 1. The van der Waals surface area contributed by atoms with E-state index in [1.807, 2.05) is 12.1 Å². The molecule has 1 aromatic carbocycles. The molecule has 8 nitrogen and oxygen atoms in total. The fourth-order valence-electron chi connectivity index (χ4n) is 6.22. The van der Waals surface area contributed by atoms with E-state index in [0.29, 0.717) is 41.2 Å². The van der Waals surface area contributed by atoms with Crippen LogP contribution in [0.5, 0.6) is 5.75 Å². The molecule has 0 unspecified atom stereocenters. The second kappa shape index (κ2) is 12.8. The SMILES string of the molecule is COc1cc(C(=O)NC2CCN(C3CC3)CC2)ccc1Nc1ncc(Br)c(C[C@@H]2CCCC[C@H]2CC(C)=O)n1. The number of amides is 1. The number of carbonyl (C=O) groups excluding carboxylic acids is 2. The minimum atomic E-state index is -0.0699. The monoisotopic (exact) mass is 597 g/mol. The number of Topliss-reactive ketones (excluding diaryl/α,β-unsaturated/α-hetero) is 1. The Hall–Kier alpha value is -2.52. The summed E-state index contributed by atoms with van der Waals surface area (Å²) in [7, 11) is 1.60. The molecule has 1 aliphatic heterocycles. The van der Waals surface area contributed by atoms with Crippen molar-refractivity contribution in [1.82, 2.24) is 20.2 Å². The molecule has 3 fully saturated rings. The van der Waals surface area contributed by atoms with Gasteiger partial charge in [0.05, 0.1) is 23.0 Å². The zero-order valence-electron chi connectivity index (χ0n) is 23.0. The second-order valence-electron chi connectivity index (χ2n) is 11.5. The second-order valence-corrected chi connectivity index (χ2v) is 12.3. The molecule has 0 radical (unpaired) electrons. The molecule has 2 heterocycles. The summed E-state index contributed by atoms with van der Waals surface area (Å²) < 4.78 is 6.50. The third kappa shape index (κ3) is 7.37. The maximum Gasteiger partial charge on any atom is 0.251 e. The molecule has 2 aliphatic carbocycles. The predicted octanol–water partition coefficient (Wildman–Crippen LogP) is 5.68. The molecular formula is C30H40BrN5O3. The quantitative estimate of drug-likeness (QED) is 0.364. The summed E-state index contributed by atoms with van der Waals surface area (Å²) in [6.45, 7) is 3.82. The molecule has 1 saturated heterocycles. The van der Waals surface area contributed by atoms with Crippen molar-refractivity contribution in [1.29, 1.82) is 0 Å². The third-order valence-corrected chi connectivity index (χ3v) is 9.19. The van der Waals surface area contributed by atoms with Crippen molar-refractivity contribution in [3.63, 3.8) is 0 Å². The number of ether oxygens (including phenoxy) is 1. The van der Waals surface area contributed by atoms with Crippen LogP contribution >= 0.6 is 15.9 Å². The van der Waals surface area contributed by atoms with E-state index in [0.717, 1.165) is 61.4 Å². The van der Waals surface area contributed by atoms with Crippen LogP contribution in [0.3, 0.4) is 0 Å². The van der Waals surface area contributed by atoms with Crippen LogP contribution in [0.2, 0.25) is 0 Å². The van der Waals surface area contributed by atoms with Gasteiger partial charge in [-0.2, -0.15) is 0 Å². The summed E-state index contributed by atoms with van der Waals surface area (Å²) in [5, 5.41) is 6.49. The van der Waals surface area contributed by atoms with Gasteiger partial charge in [-0.3, -0.25) is 4.79 Å². The lowest BCUT2D eigenvalue weighted by Gasteiger charge is -2.32. The first-order chi connectivity index (χ1) is 18.9. The van der Waals surface area contributed by atoms with Crippen LogP contribution in [0, 0.1) is 11.8 Å². The third-order valence-electron chi connectivity index (χ3n) is 8.53. The number of benzene rings is 1. The highest BCUT2D eigenvalue weighted by atomic mass is 79.9. The van der Waals surface area contributed by atoms with E-state index in [1.165, 1.54) is 25.7 Å². The minimum absolute atomic E-state index is 0.0699. The molecule has 1 amide bonds. The Bertz CT molecular complexity index is 1180. The van der Waals surface area contributed by atoms with Crippen molar-refractivity contribution in [2.75, 3.05) is 25.5 Å². The fourth-order valence-corrected chi connectivity index (χ4v) is 6.57. The van der Waals surface area contributed by atoms with E-state index in [2.05, 4.69) is 36.4 Å². The van der Waals surface area contributed by atoms with Gasteiger partial charge in [-0.1, -0.05) is 12.8 Å². The van der Waals surface area contributed by atoms with Gasteiger partial charge >= 0.3 is 0 Å². The van der Waals surface area contributed by atoms with Crippen LogP contribution in [-0.2, 0) is 11.2 Å². The Morgan fingerprint density at radius 2 is 1.82 bits per heavy atom. The van der Waals surface area contributed by atoms with Gasteiger partial charge in [-0.15, -0.1) is 0 Å². The Balaban J connectivity index is 1.23.